The zero-order chi connectivity index (χ0) is 14.1. The highest BCUT2D eigenvalue weighted by atomic mass is 79.9. The SMILES string of the molecule is CC(C)CN(C)S(=O)(=O)c1c(Br)cc(N)cc1Br. The summed E-state index contributed by atoms with van der Waals surface area (Å²) in [6.07, 6.45) is 0. The van der Waals surface area contributed by atoms with E-state index in [-0.39, 0.29) is 10.8 Å². The first-order valence-corrected chi connectivity index (χ1v) is 8.39. The highest BCUT2D eigenvalue weighted by molar-refractivity contribution is 9.11. The van der Waals surface area contributed by atoms with Crippen LogP contribution in [-0.2, 0) is 10.0 Å². The molecule has 0 aliphatic heterocycles. The summed E-state index contributed by atoms with van der Waals surface area (Å²) in [7, 11) is -1.95. The Bertz CT molecular complexity index is 521. The van der Waals surface area contributed by atoms with Crippen LogP contribution in [0.4, 0.5) is 5.69 Å². The first-order chi connectivity index (χ1) is 8.16. The van der Waals surface area contributed by atoms with Crippen LogP contribution >= 0.6 is 31.9 Å². The predicted molar refractivity (Wildman–Crippen MR) is 80.9 cm³/mol. The topological polar surface area (TPSA) is 63.4 Å². The van der Waals surface area contributed by atoms with Gasteiger partial charge in [0.2, 0.25) is 10.0 Å². The second-order valence-electron chi connectivity index (χ2n) is 4.49. The van der Waals surface area contributed by atoms with Gasteiger partial charge in [-0.15, -0.1) is 0 Å². The van der Waals surface area contributed by atoms with Gasteiger partial charge in [0.25, 0.3) is 0 Å². The van der Waals surface area contributed by atoms with Crippen molar-refractivity contribution in [3.63, 3.8) is 0 Å². The summed E-state index contributed by atoms with van der Waals surface area (Å²) in [5.41, 5.74) is 6.16. The third-order valence-electron chi connectivity index (χ3n) is 2.31. The molecular formula is C11H16Br2N2O2S. The zero-order valence-corrected chi connectivity index (χ0v) is 14.4. The summed E-state index contributed by atoms with van der Waals surface area (Å²) < 4.78 is 27.2. The fourth-order valence-electron chi connectivity index (χ4n) is 1.59. The van der Waals surface area contributed by atoms with E-state index in [9.17, 15) is 8.42 Å². The molecule has 0 spiro atoms. The molecule has 0 atom stereocenters. The number of anilines is 1. The molecule has 0 fully saturated rings. The summed E-state index contributed by atoms with van der Waals surface area (Å²) >= 11 is 6.50. The molecule has 0 bridgehead atoms. The highest BCUT2D eigenvalue weighted by Gasteiger charge is 2.26. The van der Waals surface area contributed by atoms with Crippen molar-refractivity contribution in [1.29, 1.82) is 0 Å². The van der Waals surface area contributed by atoms with Gasteiger partial charge >= 0.3 is 0 Å². The van der Waals surface area contributed by atoms with Gasteiger partial charge < -0.3 is 5.73 Å². The average Bonchev–Trinajstić information content (AvgIpc) is 2.13. The number of hydrogen-bond donors (Lipinski definition) is 1. The molecule has 0 heterocycles. The van der Waals surface area contributed by atoms with Gasteiger partial charge in [-0.25, -0.2) is 12.7 Å². The third-order valence-corrected chi connectivity index (χ3v) is 6.01. The van der Waals surface area contributed by atoms with Crippen molar-refractivity contribution >= 4 is 47.6 Å². The number of nitrogen functional groups attached to an aromatic ring is 1. The van der Waals surface area contributed by atoms with E-state index in [0.717, 1.165) is 0 Å². The predicted octanol–water partition coefficient (Wildman–Crippen LogP) is 3.07. The van der Waals surface area contributed by atoms with Crippen molar-refractivity contribution in [1.82, 2.24) is 4.31 Å². The maximum absolute atomic E-state index is 12.4. The Balaban J connectivity index is 3.29. The number of halogens is 2. The zero-order valence-electron chi connectivity index (χ0n) is 10.4. The number of rotatable bonds is 4. The summed E-state index contributed by atoms with van der Waals surface area (Å²) in [5.74, 6) is 0.260. The molecule has 1 rings (SSSR count). The monoisotopic (exact) mass is 398 g/mol. The Hall–Kier alpha value is -0.110. The Kier molecular flexibility index (Phi) is 5.22. The lowest BCUT2D eigenvalue weighted by atomic mass is 10.2. The highest BCUT2D eigenvalue weighted by Crippen LogP contribution is 2.34. The van der Waals surface area contributed by atoms with Gasteiger partial charge in [0.05, 0.1) is 0 Å². The Morgan fingerprint density at radius 3 is 2.11 bits per heavy atom. The van der Waals surface area contributed by atoms with Crippen LogP contribution in [-0.4, -0.2) is 26.3 Å². The lowest BCUT2D eigenvalue weighted by molar-refractivity contribution is 0.417. The molecule has 2 N–H and O–H groups in total. The van der Waals surface area contributed by atoms with E-state index in [2.05, 4.69) is 31.9 Å². The van der Waals surface area contributed by atoms with Crippen molar-refractivity contribution in [2.75, 3.05) is 19.3 Å². The Morgan fingerprint density at radius 1 is 1.28 bits per heavy atom. The Morgan fingerprint density at radius 2 is 1.72 bits per heavy atom. The second-order valence-corrected chi connectivity index (χ2v) is 8.18. The number of sulfonamides is 1. The lowest BCUT2D eigenvalue weighted by Gasteiger charge is -2.21. The summed E-state index contributed by atoms with van der Waals surface area (Å²) in [6, 6.07) is 3.17. The average molecular weight is 400 g/mol. The third kappa shape index (κ3) is 3.46. The van der Waals surface area contributed by atoms with Crippen LogP contribution in [0.2, 0.25) is 0 Å². The van der Waals surface area contributed by atoms with Crippen LogP contribution in [0, 0.1) is 5.92 Å². The van der Waals surface area contributed by atoms with Crippen LogP contribution in [0.15, 0.2) is 26.0 Å². The molecule has 0 amide bonds. The Labute approximate surface area is 125 Å². The van der Waals surface area contributed by atoms with Crippen molar-refractivity contribution in [3.8, 4) is 0 Å². The number of hydrogen-bond acceptors (Lipinski definition) is 3. The molecule has 1 aromatic carbocycles. The summed E-state index contributed by atoms with van der Waals surface area (Å²) in [6.45, 7) is 4.41. The summed E-state index contributed by atoms with van der Waals surface area (Å²) in [4.78, 5) is 0.208. The number of nitrogens with zero attached hydrogens (tertiary/aromatic N) is 1. The molecule has 102 valence electrons. The summed E-state index contributed by atoms with van der Waals surface area (Å²) in [5, 5.41) is 0. The van der Waals surface area contributed by atoms with Gasteiger partial charge in [-0.3, -0.25) is 0 Å². The van der Waals surface area contributed by atoms with E-state index in [1.807, 2.05) is 13.8 Å². The van der Waals surface area contributed by atoms with E-state index in [0.29, 0.717) is 21.2 Å². The number of benzene rings is 1. The largest absolute Gasteiger partial charge is 0.399 e. The van der Waals surface area contributed by atoms with Crippen LogP contribution in [0.5, 0.6) is 0 Å². The molecule has 0 saturated carbocycles. The normalized spacial score (nSPS) is 12.4. The molecule has 0 aliphatic rings. The first-order valence-electron chi connectivity index (χ1n) is 5.37. The van der Waals surface area contributed by atoms with Crippen LogP contribution in [0.1, 0.15) is 13.8 Å². The van der Waals surface area contributed by atoms with Gasteiger partial charge in [0, 0.05) is 28.2 Å². The first kappa shape index (κ1) is 15.9. The van der Waals surface area contributed by atoms with Gasteiger partial charge in [-0.2, -0.15) is 0 Å². The van der Waals surface area contributed by atoms with E-state index in [1.165, 1.54) is 4.31 Å². The second kappa shape index (κ2) is 5.90. The van der Waals surface area contributed by atoms with Crippen LogP contribution < -0.4 is 5.73 Å². The van der Waals surface area contributed by atoms with E-state index in [1.54, 1.807) is 19.2 Å². The maximum Gasteiger partial charge on any atom is 0.245 e. The quantitative estimate of drug-likeness (QED) is 0.791. The van der Waals surface area contributed by atoms with Crippen molar-refractivity contribution in [2.45, 2.75) is 18.7 Å². The van der Waals surface area contributed by atoms with Crippen molar-refractivity contribution < 1.29 is 8.42 Å². The van der Waals surface area contributed by atoms with Crippen molar-refractivity contribution in [3.05, 3.63) is 21.1 Å². The minimum Gasteiger partial charge on any atom is -0.399 e. The molecule has 1 aromatic rings. The van der Waals surface area contributed by atoms with Gasteiger partial charge in [-0.05, 0) is 49.9 Å². The fourth-order valence-corrected chi connectivity index (χ4v) is 5.46. The molecule has 0 aliphatic carbocycles. The molecule has 18 heavy (non-hydrogen) atoms. The van der Waals surface area contributed by atoms with Crippen LogP contribution in [0.25, 0.3) is 0 Å². The number of nitrogens with two attached hydrogens (primary N) is 1. The molecular weight excluding hydrogens is 384 g/mol. The standard InChI is InChI=1S/C11H16Br2N2O2S/c1-7(2)6-15(3)18(16,17)11-9(12)4-8(14)5-10(11)13/h4-5,7H,6,14H2,1-3H3. The van der Waals surface area contributed by atoms with E-state index < -0.39 is 10.0 Å². The molecule has 0 aromatic heterocycles. The molecule has 4 nitrogen and oxygen atoms in total. The smallest absolute Gasteiger partial charge is 0.245 e. The minimum absolute atomic E-state index is 0.208. The van der Waals surface area contributed by atoms with Crippen molar-refractivity contribution in [2.24, 2.45) is 5.92 Å². The molecule has 0 saturated heterocycles. The van der Waals surface area contributed by atoms with E-state index in [4.69, 9.17) is 5.73 Å². The molecule has 7 heteroatoms. The maximum atomic E-state index is 12.4. The minimum atomic E-state index is -3.53. The lowest BCUT2D eigenvalue weighted by Crippen LogP contribution is -2.31. The molecule has 0 unspecified atom stereocenters. The van der Waals surface area contributed by atoms with Gasteiger partial charge in [0.1, 0.15) is 4.90 Å². The van der Waals surface area contributed by atoms with Crippen LogP contribution in [0.3, 0.4) is 0 Å². The van der Waals surface area contributed by atoms with Gasteiger partial charge in [0.15, 0.2) is 0 Å². The van der Waals surface area contributed by atoms with Gasteiger partial charge in [-0.1, -0.05) is 13.8 Å². The van der Waals surface area contributed by atoms with E-state index >= 15 is 0 Å². The molecule has 0 radical (unpaired) electrons. The fraction of sp³-hybridized carbons (Fsp3) is 0.455.